The number of benzene rings is 3. The fourth-order valence-electron chi connectivity index (χ4n) is 4.79. The molecule has 3 aromatic carbocycles. The zero-order valence-electron chi connectivity index (χ0n) is 27.0. The molecule has 0 bridgehead atoms. The summed E-state index contributed by atoms with van der Waals surface area (Å²) in [7, 11) is 1.65. The van der Waals surface area contributed by atoms with Gasteiger partial charge in [0.1, 0.15) is 34.7 Å². The minimum atomic E-state index is -1.38. The van der Waals surface area contributed by atoms with E-state index >= 15 is 4.39 Å². The number of nitrogens with one attached hydrogen (secondary N) is 3. The molecule has 4 N–H and O–H groups in total. The number of amides is 3. The molecule has 1 atom stereocenters. The maximum absolute atomic E-state index is 15.4. The van der Waals surface area contributed by atoms with E-state index < -0.39 is 35.6 Å². The Balaban J connectivity index is 1.22. The predicted octanol–water partition coefficient (Wildman–Crippen LogP) is 6.34. The van der Waals surface area contributed by atoms with Crippen LogP contribution >= 0.6 is 0 Å². The summed E-state index contributed by atoms with van der Waals surface area (Å²) in [6.45, 7) is 5.29. The quantitative estimate of drug-likeness (QED) is 0.132. The average Bonchev–Trinajstić information content (AvgIpc) is 3.41. The molecule has 0 aliphatic heterocycles. The van der Waals surface area contributed by atoms with Gasteiger partial charge in [0.25, 0.3) is 0 Å². The summed E-state index contributed by atoms with van der Waals surface area (Å²) in [5.74, 6) is -1.70. The van der Waals surface area contributed by atoms with Crippen LogP contribution in [0.25, 0.3) is 34.0 Å². The lowest BCUT2D eigenvalue weighted by Gasteiger charge is -2.19. The summed E-state index contributed by atoms with van der Waals surface area (Å²) in [5, 5.41) is 21.3. The number of nitrogens with zero attached hydrogens (tertiary/aromatic N) is 3. The molecule has 2 heterocycles. The van der Waals surface area contributed by atoms with Crippen molar-refractivity contribution < 1.29 is 42.1 Å². The smallest absolute Gasteiger partial charge is 0.412 e. The Morgan fingerprint density at radius 1 is 0.918 bits per heavy atom. The van der Waals surface area contributed by atoms with Crippen molar-refractivity contribution in [1.29, 1.82) is 0 Å². The number of halogens is 2. The number of anilines is 2. The van der Waals surface area contributed by atoms with Crippen molar-refractivity contribution in [2.24, 2.45) is 7.05 Å². The van der Waals surface area contributed by atoms with E-state index in [0.29, 0.717) is 28.3 Å². The number of carbonyl (C=O) groups excluding carboxylic acids is 2. The van der Waals surface area contributed by atoms with Crippen LogP contribution in [0.15, 0.2) is 89.6 Å². The predicted molar refractivity (Wildman–Crippen MR) is 175 cm³/mol. The minimum absolute atomic E-state index is 0.109. The molecule has 0 saturated heterocycles. The molecule has 3 amide bonds. The fraction of sp³-hybridized carbons (Fsp3) is 0.200. The summed E-state index contributed by atoms with van der Waals surface area (Å²) in [6.07, 6.45) is 0.683. The molecule has 12 nitrogen and oxygen atoms in total. The Bertz CT molecular complexity index is 1970. The number of aliphatic carboxylic acids is 1. The first kappa shape index (κ1) is 34.2. The molecule has 0 aliphatic carbocycles. The van der Waals surface area contributed by atoms with Crippen LogP contribution in [-0.4, -0.2) is 45.0 Å². The van der Waals surface area contributed by atoms with Gasteiger partial charge in [-0.1, -0.05) is 18.2 Å². The van der Waals surface area contributed by atoms with Gasteiger partial charge >= 0.3 is 29.8 Å². The highest BCUT2D eigenvalue weighted by molar-refractivity contribution is 5.91. The molecule has 0 fully saturated rings. The van der Waals surface area contributed by atoms with Crippen molar-refractivity contribution in [2.75, 3.05) is 10.6 Å². The number of rotatable bonds is 9. The molecule has 1 unspecified atom stereocenters. The van der Waals surface area contributed by atoms with Gasteiger partial charge in [-0.05, 0) is 92.6 Å². The second-order valence-corrected chi connectivity index (χ2v) is 12.0. The number of pyridine rings is 1. The first-order chi connectivity index (χ1) is 23.3. The lowest BCUT2D eigenvalue weighted by molar-refractivity contribution is -0.652. The Hall–Kier alpha value is -6.18. The zero-order valence-corrected chi connectivity index (χ0v) is 27.0. The monoisotopic (exact) mass is 671 g/mol. The molecule has 252 valence electrons. The van der Waals surface area contributed by atoms with E-state index in [0.717, 1.165) is 5.56 Å². The van der Waals surface area contributed by atoms with Crippen molar-refractivity contribution in [1.82, 2.24) is 15.5 Å². The second-order valence-electron chi connectivity index (χ2n) is 12.0. The van der Waals surface area contributed by atoms with E-state index in [2.05, 4.69) is 26.1 Å². The summed E-state index contributed by atoms with van der Waals surface area (Å²) in [6, 6.07) is 17.7. The zero-order chi connectivity index (χ0) is 35.3. The topological polar surface area (TPSA) is 160 Å². The Morgan fingerprint density at radius 2 is 1.59 bits per heavy atom. The van der Waals surface area contributed by atoms with Crippen LogP contribution in [0.1, 0.15) is 26.3 Å². The number of hydrogen-bond donors (Lipinski definition) is 4. The number of carboxylic acids is 1. The van der Waals surface area contributed by atoms with E-state index in [1.54, 1.807) is 74.9 Å². The van der Waals surface area contributed by atoms with E-state index in [1.165, 1.54) is 42.6 Å². The van der Waals surface area contributed by atoms with Crippen LogP contribution in [0.3, 0.4) is 0 Å². The van der Waals surface area contributed by atoms with Crippen molar-refractivity contribution in [3.05, 3.63) is 102 Å². The number of carboxylic acid groups (broad SMARTS) is 1. The van der Waals surface area contributed by atoms with Gasteiger partial charge in [-0.3, -0.25) is 10.6 Å². The Kier molecular flexibility index (Phi) is 9.97. The highest BCUT2D eigenvalue weighted by Crippen LogP contribution is 2.25. The number of urea groups is 1. The molecule has 14 heteroatoms. The molecule has 0 spiro atoms. The standard InChI is InChI=1S/C35H32F2N6O6/c1-35(2,3)48-34(47)39-25-13-8-22(9-14-25)31-43(4)30(42-49-31)26-15-5-20(17-27(26)37)18-28(32(44)45)40-33(46)41-29-16-10-23(19-38-29)21-6-11-24(36)12-7-21/h5-17,19,28H,18H2,1-4H3,(H3,38,40,41,44,45,46)/p+1. The van der Waals surface area contributed by atoms with Gasteiger partial charge < -0.3 is 15.2 Å². The minimum Gasteiger partial charge on any atom is -0.480 e. The number of carbonyl (C=O) groups is 3. The van der Waals surface area contributed by atoms with E-state index in [-0.39, 0.29) is 29.4 Å². The first-order valence-corrected chi connectivity index (χ1v) is 15.0. The number of hydrogen-bond acceptors (Lipinski definition) is 7. The van der Waals surface area contributed by atoms with Gasteiger partial charge in [0.15, 0.2) is 5.16 Å². The first-order valence-electron chi connectivity index (χ1n) is 15.0. The van der Waals surface area contributed by atoms with Crippen LogP contribution in [-0.2, 0) is 23.0 Å². The molecular weight excluding hydrogens is 638 g/mol. The molecule has 5 aromatic rings. The van der Waals surface area contributed by atoms with Gasteiger partial charge in [-0.2, -0.15) is 4.57 Å². The van der Waals surface area contributed by atoms with E-state index in [1.807, 2.05) is 0 Å². The summed E-state index contributed by atoms with van der Waals surface area (Å²) in [4.78, 5) is 40.8. The molecule has 0 radical (unpaired) electrons. The summed E-state index contributed by atoms with van der Waals surface area (Å²) >= 11 is 0. The third kappa shape index (κ3) is 8.80. The average molecular weight is 672 g/mol. The highest BCUT2D eigenvalue weighted by Gasteiger charge is 2.28. The lowest BCUT2D eigenvalue weighted by atomic mass is 10.0. The van der Waals surface area contributed by atoms with Crippen LogP contribution in [0.4, 0.5) is 29.9 Å². The van der Waals surface area contributed by atoms with Crippen LogP contribution in [0, 0.1) is 11.6 Å². The van der Waals surface area contributed by atoms with Gasteiger partial charge in [0, 0.05) is 23.9 Å². The van der Waals surface area contributed by atoms with Gasteiger partial charge in [0.2, 0.25) is 0 Å². The molecular formula is C35H33F2N6O6+. The SMILES string of the molecule is C[n+]1c(-c2ccc(CC(NC(=O)Nc3ccc(-c4ccc(F)cc4)cn3)C(=O)O)cc2F)noc1-c1ccc(NC(=O)OC(C)(C)C)cc1. The maximum atomic E-state index is 15.4. The van der Waals surface area contributed by atoms with Crippen molar-refractivity contribution >= 4 is 29.6 Å². The van der Waals surface area contributed by atoms with Gasteiger partial charge in [0.05, 0.1) is 12.6 Å². The van der Waals surface area contributed by atoms with Gasteiger partial charge in [-0.15, -0.1) is 0 Å². The van der Waals surface area contributed by atoms with Crippen LogP contribution in [0.2, 0.25) is 0 Å². The molecule has 0 aliphatic rings. The van der Waals surface area contributed by atoms with Crippen molar-refractivity contribution in [3.8, 4) is 34.0 Å². The Morgan fingerprint density at radius 3 is 2.20 bits per heavy atom. The highest BCUT2D eigenvalue weighted by atomic mass is 19.1. The largest absolute Gasteiger partial charge is 0.480 e. The molecule has 0 saturated carbocycles. The second kappa shape index (κ2) is 14.3. The third-order valence-corrected chi connectivity index (χ3v) is 7.12. The number of aromatic nitrogens is 3. The molecule has 5 rings (SSSR count). The summed E-state index contributed by atoms with van der Waals surface area (Å²) < 4.78 is 40.9. The van der Waals surface area contributed by atoms with Crippen molar-refractivity contribution in [2.45, 2.75) is 38.8 Å². The number of ether oxygens (including phenoxy) is 1. The summed E-state index contributed by atoms with van der Waals surface area (Å²) in [5.41, 5.74) is 2.32. The Labute approximate surface area is 279 Å². The van der Waals surface area contributed by atoms with Crippen LogP contribution < -0.4 is 20.5 Å². The normalized spacial score (nSPS) is 11.8. The van der Waals surface area contributed by atoms with E-state index in [9.17, 15) is 23.9 Å². The molecule has 2 aromatic heterocycles. The fourth-order valence-corrected chi connectivity index (χ4v) is 4.79. The lowest BCUT2D eigenvalue weighted by Crippen LogP contribution is -2.44. The van der Waals surface area contributed by atoms with Crippen LogP contribution in [0.5, 0.6) is 0 Å². The maximum Gasteiger partial charge on any atom is 0.412 e. The van der Waals surface area contributed by atoms with E-state index in [4.69, 9.17) is 9.26 Å². The van der Waals surface area contributed by atoms with Gasteiger partial charge in [-0.25, -0.2) is 32.7 Å². The third-order valence-electron chi connectivity index (χ3n) is 7.12. The van der Waals surface area contributed by atoms with Crippen molar-refractivity contribution in [3.63, 3.8) is 0 Å². The molecule has 49 heavy (non-hydrogen) atoms.